The number of hydrogen-bond acceptors (Lipinski definition) is 4. The van der Waals surface area contributed by atoms with Crippen LogP contribution >= 0.6 is 0 Å². The minimum absolute atomic E-state index is 0.0914. The number of hydrogen-bond donors (Lipinski definition) is 2. The molecule has 2 aromatic rings. The van der Waals surface area contributed by atoms with Crippen LogP contribution in [0.4, 0.5) is 11.4 Å². The third kappa shape index (κ3) is 5.40. The minimum atomic E-state index is 0.0914. The molecule has 0 bridgehead atoms. The van der Waals surface area contributed by atoms with Gasteiger partial charge in [-0.15, -0.1) is 0 Å². The fourth-order valence-corrected chi connectivity index (χ4v) is 2.22. The predicted octanol–water partition coefficient (Wildman–Crippen LogP) is 4.46. The average molecular weight is 314 g/mol. The normalized spacial score (nSPS) is 10.9. The van der Waals surface area contributed by atoms with Crippen LogP contribution in [-0.4, -0.2) is 12.2 Å². The van der Waals surface area contributed by atoms with Crippen molar-refractivity contribution < 1.29 is 9.47 Å². The van der Waals surface area contributed by atoms with Crippen molar-refractivity contribution in [2.45, 2.75) is 46.4 Å². The summed E-state index contributed by atoms with van der Waals surface area (Å²) in [6.45, 7) is 8.73. The van der Waals surface area contributed by atoms with E-state index in [1.54, 1.807) is 0 Å². The Kier molecular flexibility index (Phi) is 5.74. The second kappa shape index (κ2) is 7.77. The van der Waals surface area contributed by atoms with Gasteiger partial charge in [0.15, 0.2) is 11.5 Å². The first-order valence-electron chi connectivity index (χ1n) is 7.99. The molecule has 0 aromatic heterocycles. The van der Waals surface area contributed by atoms with Gasteiger partial charge in [0.05, 0.1) is 12.2 Å². The highest BCUT2D eigenvalue weighted by molar-refractivity contribution is 5.55. The van der Waals surface area contributed by atoms with Crippen LogP contribution in [-0.2, 0) is 6.54 Å². The van der Waals surface area contributed by atoms with Crippen molar-refractivity contribution in [2.75, 3.05) is 11.1 Å². The fourth-order valence-electron chi connectivity index (χ4n) is 2.22. The zero-order chi connectivity index (χ0) is 16.8. The molecule has 4 nitrogen and oxygen atoms in total. The Morgan fingerprint density at radius 2 is 1.61 bits per heavy atom. The molecule has 124 valence electrons. The standard InChI is InChI=1S/C19H26N2O2/c1-13(2)22-18-9-8-17(11-19(18)23-14(3)4)21-12-15-6-5-7-16(20)10-15/h5-11,13-14,21H,12,20H2,1-4H3. The predicted molar refractivity (Wildman–Crippen MR) is 96.2 cm³/mol. The van der Waals surface area contributed by atoms with Crippen LogP contribution in [0.3, 0.4) is 0 Å². The first kappa shape index (κ1) is 17.0. The van der Waals surface area contributed by atoms with Crippen molar-refractivity contribution in [3.8, 4) is 11.5 Å². The van der Waals surface area contributed by atoms with E-state index in [4.69, 9.17) is 15.2 Å². The molecule has 0 fully saturated rings. The van der Waals surface area contributed by atoms with Gasteiger partial charge < -0.3 is 20.5 Å². The van der Waals surface area contributed by atoms with Crippen molar-refractivity contribution in [3.63, 3.8) is 0 Å². The Balaban J connectivity index is 2.12. The molecule has 0 unspecified atom stereocenters. The summed E-state index contributed by atoms with van der Waals surface area (Å²) in [4.78, 5) is 0. The largest absolute Gasteiger partial charge is 0.487 e. The Hall–Kier alpha value is -2.36. The Morgan fingerprint density at radius 1 is 0.913 bits per heavy atom. The van der Waals surface area contributed by atoms with Crippen molar-refractivity contribution in [3.05, 3.63) is 48.0 Å². The van der Waals surface area contributed by atoms with Crippen LogP contribution < -0.4 is 20.5 Å². The smallest absolute Gasteiger partial charge is 0.163 e. The molecule has 0 saturated carbocycles. The summed E-state index contributed by atoms with van der Waals surface area (Å²) < 4.78 is 11.7. The van der Waals surface area contributed by atoms with Crippen molar-refractivity contribution in [2.24, 2.45) is 0 Å². The lowest BCUT2D eigenvalue weighted by Gasteiger charge is -2.18. The number of nitrogen functional groups attached to an aromatic ring is 1. The second-order valence-corrected chi connectivity index (χ2v) is 6.09. The first-order valence-corrected chi connectivity index (χ1v) is 7.99. The highest BCUT2D eigenvalue weighted by Crippen LogP contribution is 2.32. The number of nitrogens with one attached hydrogen (secondary N) is 1. The van der Waals surface area contributed by atoms with E-state index < -0.39 is 0 Å². The molecule has 0 aliphatic rings. The van der Waals surface area contributed by atoms with Crippen LogP contribution in [0.15, 0.2) is 42.5 Å². The minimum Gasteiger partial charge on any atom is -0.487 e. The van der Waals surface area contributed by atoms with E-state index >= 15 is 0 Å². The van der Waals surface area contributed by atoms with Gasteiger partial charge in [-0.25, -0.2) is 0 Å². The van der Waals surface area contributed by atoms with Crippen LogP contribution in [0.25, 0.3) is 0 Å². The monoisotopic (exact) mass is 314 g/mol. The lowest BCUT2D eigenvalue weighted by atomic mass is 10.2. The number of rotatable bonds is 7. The molecule has 0 heterocycles. The lowest BCUT2D eigenvalue weighted by molar-refractivity contribution is 0.199. The van der Waals surface area contributed by atoms with Gasteiger partial charge in [0.25, 0.3) is 0 Å². The average Bonchev–Trinajstić information content (AvgIpc) is 2.46. The zero-order valence-electron chi connectivity index (χ0n) is 14.3. The number of anilines is 2. The molecule has 0 spiro atoms. The summed E-state index contributed by atoms with van der Waals surface area (Å²) in [5, 5.41) is 3.39. The number of nitrogens with two attached hydrogens (primary N) is 1. The van der Waals surface area contributed by atoms with Gasteiger partial charge in [-0.2, -0.15) is 0 Å². The summed E-state index contributed by atoms with van der Waals surface area (Å²) in [6, 6.07) is 13.8. The lowest BCUT2D eigenvalue weighted by Crippen LogP contribution is -2.11. The van der Waals surface area contributed by atoms with Gasteiger partial charge in [0.1, 0.15) is 0 Å². The van der Waals surface area contributed by atoms with Gasteiger partial charge in [-0.3, -0.25) is 0 Å². The van der Waals surface area contributed by atoms with Crippen LogP contribution in [0.5, 0.6) is 11.5 Å². The summed E-state index contributed by atoms with van der Waals surface area (Å²) in [7, 11) is 0. The second-order valence-electron chi connectivity index (χ2n) is 6.09. The van der Waals surface area contributed by atoms with Crippen LogP contribution in [0, 0.1) is 0 Å². The third-order valence-electron chi connectivity index (χ3n) is 3.12. The Labute approximate surface area is 138 Å². The summed E-state index contributed by atoms with van der Waals surface area (Å²) in [6.07, 6.45) is 0.198. The highest BCUT2D eigenvalue weighted by Gasteiger charge is 2.10. The van der Waals surface area contributed by atoms with Gasteiger partial charge in [-0.1, -0.05) is 12.1 Å². The first-order chi connectivity index (χ1) is 10.9. The molecule has 3 N–H and O–H groups in total. The van der Waals surface area contributed by atoms with E-state index in [0.29, 0.717) is 6.54 Å². The van der Waals surface area contributed by atoms with Crippen molar-refractivity contribution in [1.29, 1.82) is 0 Å². The van der Waals surface area contributed by atoms with E-state index in [-0.39, 0.29) is 12.2 Å². The summed E-state index contributed by atoms with van der Waals surface area (Å²) in [5.41, 5.74) is 8.70. The van der Waals surface area contributed by atoms with E-state index in [2.05, 4.69) is 5.32 Å². The topological polar surface area (TPSA) is 56.5 Å². The van der Waals surface area contributed by atoms with E-state index in [9.17, 15) is 0 Å². The van der Waals surface area contributed by atoms with E-state index in [0.717, 1.165) is 28.4 Å². The molecule has 0 radical (unpaired) electrons. The SMILES string of the molecule is CC(C)Oc1ccc(NCc2cccc(N)c2)cc1OC(C)C. The summed E-state index contributed by atoms with van der Waals surface area (Å²) in [5.74, 6) is 1.52. The molecule has 0 atom stereocenters. The molecular formula is C19H26N2O2. The number of ether oxygens (including phenoxy) is 2. The molecule has 4 heteroatoms. The van der Waals surface area contributed by atoms with Gasteiger partial charge in [-0.05, 0) is 57.5 Å². The fraction of sp³-hybridized carbons (Fsp3) is 0.368. The molecule has 2 aromatic carbocycles. The molecular weight excluding hydrogens is 288 g/mol. The molecule has 0 amide bonds. The van der Waals surface area contributed by atoms with Crippen molar-refractivity contribution >= 4 is 11.4 Å². The Morgan fingerprint density at radius 3 is 2.26 bits per heavy atom. The number of benzene rings is 2. The van der Waals surface area contributed by atoms with Crippen LogP contribution in [0.2, 0.25) is 0 Å². The molecule has 0 saturated heterocycles. The van der Waals surface area contributed by atoms with E-state index in [1.165, 1.54) is 0 Å². The highest BCUT2D eigenvalue weighted by atomic mass is 16.5. The summed E-state index contributed by atoms with van der Waals surface area (Å²) >= 11 is 0. The van der Waals surface area contributed by atoms with Crippen LogP contribution in [0.1, 0.15) is 33.3 Å². The molecule has 2 rings (SSSR count). The van der Waals surface area contributed by atoms with Gasteiger partial charge in [0.2, 0.25) is 0 Å². The van der Waals surface area contributed by atoms with Crippen molar-refractivity contribution in [1.82, 2.24) is 0 Å². The molecule has 0 aliphatic carbocycles. The maximum absolute atomic E-state index is 5.87. The van der Waals surface area contributed by atoms with E-state index in [1.807, 2.05) is 70.2 Å². The molecule has 0 aliphatic heterocycles. The maximum Gasteiger partial charge on any atom is 0.163 e. The quantitative estimate of drug-likeness (QED) is 0.741. The van der Waals surface area contributed by atoms with Gasteiger partial charge >= 0.3 is 0 Å². The Bertz CT molecular complexity index is 639. The maximum atomic E-state index is 5.87. The molecule has 23 heavy (non-hydrogen) atoms. The van der Waals surface area contributed by atoms with Gasteiger partial charge in [0, 0.05) is 24.0 Å². The third-order valence-corrected chi connectivity index (χ3v) is 3.12. The zero-order valence-corrected chi connectivity index (χ0v) is 14.3.